The highest BCUT2D eigenvalue weighted by molar-refractivity contribution is 4.64. The molecule has 86 valence electrons. The first-order chi connectivity index (χ1) is 6.85. The fourth-order valence-electron chi connectivity index (χ4n) is 1.71. The summed E-state index contributed by atoms with van der Waals surface area (Å²) < 4.78 is 0. The molecule has 0 aromatic carbocycles. The minimum absolute atomic E-state index is 0.256. The van der Waals surface area contributed by atoms with Gasteiger partial charge in [0, 0.05) is 12.6 Å². The third-order valence-corrected chi connectivity index (χ3v) is 2.69. The van der Waals surface area contributed by atoms with E-state index in [9.17, 15) is 0 Å². The van der Waals surface area contributed by atoms with Crippen molar-refractivity contribution in [1.29, 1.82) is 0 Å². The minimum atomic E-state index is 0.256. The summed E-state index contributed by atoms with van der Waals surface area (Å²) in [6.07, 6.45) is 9.21. The monoisotopic (exact) mass is 201 g/mol. The molecule has 0 saturated heterocycles. The van der Waals surface area contributed by atoms with Crippen molar-refractivity contribution in [3.63, 3.8) is 0 Å². The van der Waals surface area contributed by atoms with E-state index < -0.39 is 0 Å². The zero-order valence-electron chi connectivity index (χ0n) is 9.89. The van der Waals surface area contributed by atoms with Crippen LogP contribution in [0.25, 0.3) is 0 Å². The number of hydrogen-bond donors (Lipinski definition) is 2. The molecule has 14 heavy (non-hydrogen) atoms. The molecule has 0 aromatic rings. The van der Waals surface area contributed by atoms with Gasteiger partial charge >= 0.3 is 0 Å². The van der Waals surface area contributed by atoms with Crippen molar-refractivity contribution in [2.45, 2.75) is 64.8 Å². The molecular weight excluding hydrogens is 174 g/mol. The fourth-order valence-corrected chi connectivity index (χ4v) is 1.71. The van der Waals surface area contributed by atoms with Crippen LogP contribution in [0.3, 0.4) is 0 Å². The second kappa shape index (κ2) is 11.0. The molecule has 0 aliphatic rings. The van der Waals surface area contributed by atoms with Crippen LogP contribution in [-0.2, 0) is 0 Å². The summed E-state index contributed by atoms with van der Waals surface area (Å²) in [5, 5.41) is 12.0. The standard InChI is InChI=1S/C12H27NO/c1-3-5-6-7-8-9-12(4-2)13-10-11-14/h12-14H,3-11H2,1-2H3. The molecule has 2 N–H and O–H groups in total. The molecule has 0 saturated carbocycles. The van der Waals surface area contributed by atoms with Crippen molar-refractivity contribution in [1.82, 2.24) is 5.32 Å². The summed E-state index contributed by atoms with van der Waals surface area (Å²) in [6.45, 7) is 5.46. The van der Waals surface area contributed by atoms with Crippen LogP contribution in [0.4, 0.5) is 0 Å². The number of aliphatic hydroxyl groups is 1. The molecule has 0 fully saturated rings. The molecule has 0 heterocycles. The van der Waals surface area contributed by atoms with Crippen LogP contribution in [0, 0.1) is 0 Å². The topological polar surface area (TPSA) is 32.3 Å². The van der Waals surface area contributed by atoms with Gasteiger partial charge in [-0.25, -0.2) is 0 Å². The van der Waals surface area contributed by atoms with Crippen LogP contribution in [0.15, 0.2) is 0 Å². The Morgan fingerprint density at radius 2 is 1.79 bits per heavy atom. The number of nitrogens with one attached hydrogen (secondary N) is 1. The number of rotatable bonds is 10. The first kappa shape index (κ1) is 13.9. The van der Waals surface area contributed by atoms with E-state index in [0.717, 1.165) is 6.54 Å². The third kappa shape index (κ3) is 8.52. The molecule has 0 radical (unpaired) electrons. The minimum Gasteiger partial charge on any atom is -0.395 e. The van der Waals surface area contributed by atoms with E-state index in [4.69, 9.17) is 5.11 Å². The molecule has 2 nitrogen and oxygen atoms in total. The van der Waals surface area contributed by atoms with E-state index in [1.165, 1.54) is 44.9 Å². The predicted molar refractivity (Wildman–Crippen MR) is 62.5 cm³/mol. The highest BCUT2D eigenvalue weighted by atomic mass is 16.3. The Kier molecular flexibility index (Phi) is 10.9. The van der Waals surface area contributed by atoms with Gasteiger partial charge in [0.1, 0.15) is 0 Å². The summed E-state index contributed by atoms with van der Waals surface area (Å²) in [6, 6.07) is 0.615. The van der Waals surface area contributed by atoms with Crippen molar-refractivity contribution in [3.8, 4) is 0 Å². The molecular formula is C12H27NO. The summed E-state index contributed by atoms with van der Waals surface area (Å²) in [4.78, 5) is 0. The lowest BCUT2D eigenvalue weighted by molar-refractivity contribution is 0.279. The van der Waals surface area contributed by atoms with E-state index in [0.29, 0.717) is 6.04 Å². The van der Waals surface area contributed by atoms with Gasteiger partial charge in [-0.15, -0.1) is 0 Å². The molecule has 0 rings (SSSR count). The normalized spacial score (nSPS) is 13.1. The number of unbranched alkanes of at least 4 members (excludes halogenated alkanes) is 4. The van der Waals surface area contributed by atoms with Crippen molar-refractivity contribution < 1.29 is 5.11 Å². The maximum Gasteiger partial charge on any atom is 0.0556 e. The second-order valence-corrected chi connectivity index (χ2v) is 3.99. The highest BCUT2D eigenvalue weighted by Crippen LogP contribution is 2.08. The molecule has 0 aliphatic heterocycles. The van der Waals surface area contributed by atoms with Gasteiger partial charge in [-0.2, -0.15) is 0 Å². The van der Waals surface area contributed by atoms with E-state index in [-0.39, 0.29) is 6.61 Å². The molecule has 0 amide bonds. The molecule has 0 aliphatic carbocycles. The Bertz CT molecular complexity index is 106. The lowest BCUT2D eigenvalue weighted by Crippen LogP contribution is -2.30. The lowest BCUT2D eigenvalue weighted by atomic mass is 10.0. The zero-order chi connectivity index (χ0) is 10.6. The maximum atomic E-state index is 8.69. The first-order valence-electron chi connectivity index (χ1n) is 6.19. The van der Waals surface area contributed by atoms with Crippen molar-refractivity contribution >= 4 is 0 Å². The predicted octanol–water partition coefficient (Wildman–Crippen LogP) is 2.71. The van der Waals surface area contributed by atoms with Crippen molar-refractivity contribution in [2.75, 3.05) is 13.2 Å². The zero-order valence-corrected chi connectivity index (χ0v) is 9.89. The lowest BCUT2D eigenvalue weighted by Gasteiger charge is -2.15. The summed E-state index contributed by atoms with van der Waals surface area (Å²) in [5.41, 5.74) is 0. The molecule has 1 atom stereocenters. The van der Waals surface area contributed by atoms with Crippen molar-refractivity contribution in [3.05, 3.63) is 0 Å². The summed E-state index contributed by atoms with van der Waals surface area (Å²) in [5.74, 6) is 0. The number of hydrogen-bond acceptors (Lipinski definition) is 2. The Hall–Kier alpha value is -0.0800. The van der Waals surface area contributed by atoms with Gasteiger partial charge in [0.25, 0.3) is 0 Å². The molecule has 0 aromatic heterocycles. The Balaban J connectivity index is 3.24. The van der Waals surface area contributed by atoms with Crippen LogP contribution >= 0.6 is 0 Å². The van der Waals surface area contributed by atoms with Gasteiger partial charge < -0.3 is 10.4 Å². The maximum absolute atomic E-state index is 8.69. The Morgan fingerprint density at radius 1 is 1.07 bits per heavy atom. The fraction of sp³-hybridized carbons (Fsp3) is 1.00. The van der Waals surface area contributed by atoms with Gasteiger partial charge in [0.05, 0.1) is 6.61 Å². The highest BCUT2D eigenvalue weighted by Gasteiger charge is 2.03. The van der Waals surface area contributed by atoms with Gasteiger partial charge in [-0.05, 0) is 12.8 Å². The molecule has 0 bridgehead atoms. The average molecular weight is 201 g/mol. The van der Waals surface area contributed by atoms with Crippen LogP contribution < -0.4 is 5.32 Å². The van der Waals surface area contributed by atoms with Crippen molar-refractivity contribution in [2.24, 2.45) is 0 Å². The Morgan fingerprint density at radius 3 is 2.36 bits per heavy atom. The van der Waals surface area contributed by atoms with Crippen LogP contribution in [0.5, 0.6) is 0 Å². The van der Waals surface area contributed by atoms with Gasteiger partial charge in [-0.1, -0.05) is 46.0 Å². The van der Waals surface area contributed by atoms with Gasteiger partial charge in [0.15, 0.2) is 0 Å². The van der Waals surface area contributed by atoms with Crippen LogP contribution in [0.2, 0.25) is 0 Å². The number of aliphatic hydroxyl groups excluding tert-OH is 1. The van der Waals surface area contributed by atoms with Gasteiger partial charge in [0.2, 0.25) is 0 Å². The van der Waals surface area contributed by atoms with Crippen LogP contribution in [0.1, 0.15) is 58.8 Å². The molecule has 0 spiro atoms. The van der Waals surface area contributed by atoms with E-state index in [2.05, 4.69) is 19.2 Å². The first-order valence-corrected chi connectivity index (χ1v) is 6.19. The molecule has 2 heteroatoms. The summed E-state index contributed by atoms with van der Waals surface area (Å²) in [7, 11) is 0. The van der Waals surface area contributed by atoms with E-state index in [1.807, 2.05) is 0 Å². The van der Waals surface area contributed by atoms with Gasteiger partial charge in [-0.3, -0.25) is 0 Å². The quantitative estimate of drug-likeness (QED) is 0.533. The summed E-state index contributed by atoms with van der Waals surface area (Å²) >= 11 is 0. The van der Waals surface area contributed by atoms with E-state index in [1.54, 1.807) is 0 Å². The average Bonchev–Trinajstić information content (AvgIpc) is 2.22. The van der Waals surface area contributed by atoms with Crippen LogP contribution in [-0.4, -0.2) is 24.3 Å². The SMILES string of the molecule is CCCCCCCC(CC)NCCO. The smallest absolute Gasteiger partial charge is 0.0556 e. The second-order valence-electron chi connectivity index (χ2n) is 3.99. The van der Waals surface area contributed by atoms with E-state index >= 15 is 0 Å². The molecule has 1 unspecified atom stereocenters. The largest absolute Gasteiger partial charge is 0.395 e. The Labute approximate surface area is 89.1 Å². The third-order valence-electron chi connectivity index (χ3n) is 2.69.